The molecule has 7 nitrogen and oxygen atoms in total. The molecule has 33 heavy (non-hydrogen) atoms. The second kappa shape index (κ2) is 10.1. The number of carbonyl (C=O) groups is 1. The molecule has 0 unspecified atom stereocenters. The number of rotatable bonds is 9. The quantitative estimate of drug-likeness (QED) is 0.275. The van der Waals surface area contributed by atoms with Gasteiger partial charge in [0.1, 0.15) is 5.82 Å². The average molecular weight is 481 g/mol. The van der Waals surface area contributed by atoms with Gasteiger partial charge >= 0.3 is 0 Å². The second-order valence-corrected chi connectivity index (χ2v) is 10.0. The molecule has 1 amide bonds. The van der Waals surface area contributed by atoms with Gasteiger partial charge in [0.25, 0.3) is 0 Å². The third kappa shape index (κ3) is 4.84. The van der Waals surface area contributed by atoms with Crippen molar-refractivity contribution in [3.8, 4) is 11.3 Å². The highest BCUT2D eigenvalue weighted by atomic mass is 32.2. The van der Waals surface area contributed by atoms with E-state index in [1.165, 1.54) is 25.7 Å². The van der Waals surface area contributed by atoms with Gasteiger partial charge in [-0.1, -0.05) is 54.9 Å². The normalized spacial score (nSPS) is 14.3. The molecule has 0 saturated heterocycles. The van der Waals surface area contributed by atoms with Crippen molar-refractivity contribution in [3.05, 3.63) is 53.4 Å². The Hall–Kier alpha value is -2.65. The van der Waals surface area contributed by atoms with Crippen molar-refractivity contribution in [3.63, 3.8) is 0 Å². The first-order chi connectivity index (χ1) is 16.2. The minimum Gasteiger partial charge on any atom is -0.356 e. The summed E-state index contributed by atoms with van der Waals surface area (Å²) < 4.78 is 4.37. The van der Waals surface area contributed by atoms with Crippen molar-refractivity contribution in [1.29, 1.82) is 0 Å². The third-order valence-electron chi connectivity index (χ3n) is 6.20. The molecule has 1 aromatic carbocycles. The summed E-state index contributed by atoms with van der Waals surface area (Å²) in [4.78, 5) is 18.2. The van der Waals surface area contributed by atoms with Crippen LogP contribution in [0.2, 0.25) is 0 Å². The maximum Gasteiger partial charge on any atom is 0.225 e. The van der Waals surface area contributed by atoms with Crippen molar-refractivity contribution < 1.29 is 4.79 Å². The number of carbonyl (C=O) groups excluding carboxylic acids is 1. The fourth-order valence-electron chi connectivity index (χ4n) is 4.55. The zero-order valence-corrected chi connectivity index (χ0v) is 20.4. The summed E-state index contributed by atoms with van der Waals surface area (Å²) in [7, 11) is 0. The number of hydrogen-bond donors (Lipinski definition) is 1. The fourth-order valence-corrected chi connectivity index (χ4v) is 6.00. The number of benzene rings is 1. The lowest BCUT2D eigenvalue weighted by Gasteiger charge is -2.16. The summed E-state index contributed by atoms with van der Waals surface area (Å²) in [6, 6.07) is 10.6. The van der Waals surface area contributed by atoms with Gasteiger partial charge in [-0.3, -0.25) is 9.20 Å². The largest absolute Gasteiger partial charge is 0.356 e. The topological polar surface area (TPSA) is 77.1 Å². The van der Waals surface area contributed by atoms with Crippen LogP contribution in [-0.4, -0.2) is 42.9 Å². The van der Waals surface area contributed by atoms with Gasteiger partial charge in [0, 0.05) is 41.8 Å². The number of nitrogens with zero attached hydrogens (tertiary/aromatic N) is 5. The van der Waals surface area contributed by atoms with Crippen molar-refractivity contribution >= 4 is 34.0 Å². The Kier molecular flexibility index (Phi) is 6.78. The lowest BCUT2D eigenvalue weighted by molar-refractivity contribution is -0.120. The molecule has 1 N–H and O–H groups in total. The lowest BCUT2D eigenvalue weighted by atomic mass is 10.2. The zero-order valence-electron chi connectivity index (χ0n) is 18.7. The van der Waals surface area contributed by atoms with Gasteiger partial charge in [0.15, 0.2) is 10.1 Å². The first kappa shape index (κ1) is 22.2. The molecule has 172 valence electrons. The average Bonchev–Trinajstić information content (AvgIpc) is 3.62. The number of aromatic nitrogens is 5. The van der Waals surface area contributed by atoms with Crippen LogP contribution in [0.5, 0.6) is 0 Å². The van der Waals surface area contributed by atoms with Gasteiger partial charge < -0.3 is 9.88 Å². The molecule has 4 aromatic rings. The molecule has 0 spiro atoms. The standard InChI is InChI=1S/C24H28N6OS2/c1-32-24-28-27-21(30(24)18-10-5-6-11-18)12-7-13-25-22(31)14-19-16-33-23-26-20(15-29(19)23)17-8-3-2-4-9-17/h2-4,8-9,15-16,18H,5-7,10-14H2,1H3,(H,25,31). The third-order valence-corrected chi connectivity index (χ3v) is 7.73. The van der Waals surface area contributed by atoms with Gasteiger partial charge in [-0.05, 0) is 25.5 Å². The van der Waals surface area contributed by atoms with Gasteiger partial charge in [-0.2, -0.15) is 0 Å². The number of aryl methyl sites for hydroxylation is 1. The van der Waals surface area contributed by atoms with Crippen LogP contribution in [0.1, 0.15) is 49.7 Å². The second-order valence-electron chi connectivity index (χ2n) is 8.41. The maximum atomic E-state index is 12.6. The molecule has 1 aliphatic rings. The van der Waals surface area contributed by atoms with E-state index in [2.05, 4.69) is 38.5 Å². The van der Waals surface area contributed by atoms with Crippen LogP contribution < -0.4 is 5.32 Å². The van der Waals surface area contributed by atoms with Gasteiger partial charge in [0.05, 0.1) is 12.1 Å². The lowest BCUT2D eigenvalue weighted by Crippen LogP contribution is -2.27. The van der Waals surface area contributed by atoms with Crippen molar-refractivity contribution in [2.75, 3.05) is 12.8 Å². The van der Waals surface area contributed by atoms with Crippen LogP contribution >= 0.6 is 23.1 Å². The minimum atomic E-state index is 0.0340. The van der Waals surface area contributed by atoms with E-state index in [-0.39, 0.29) is 5.91 Å². The number of thioether (sulfide) groups is 1. The molecule has 1 saturated carbocycles. The van der Waals surface area contributed by atoms with Crippen molar-refractivity contribution in [1.82, 2.24) is 29.5 Å². The van der Waals surface area contributed by atoms with Crippen LogP contribution in [0.3, 0.4) is 0 Å². The smallest absolute Gasteiger partial charge is 0.225 e. The van der Waals surface area contributed by atoms with Crippen molar-refractivity contribution in [2.24, 2.45) is 0 Å². The van der Waals surface area contributed by atoms with E-state index in [1.54, 1.807) is 23.1 Å². The highest BCUT2D eigenvalue weighted by Gasteiger charge is 2.23. The molecule has 1 aliphatic carbocycles. The van der Waals surface area contributed by atoms with E-state index >= 15 is 0 Å². The molecule has 5 rings (SSSR count). The van der Waals surface area contributed by atoms with Crippen LogP contribution in [0.15, 0.2) is 47.1 Å². The summed E-state index contributed by atoms with van der Waals surface area (Å²) in [5.74, 6) is 1.08. The molecular formula is C24H28N6OS2. The Morgan fingerprint density at radius 2 is 2.03 bits per heavy atom. The van der Waals surface area contributed by atoms with E-state index in [9.17, 15) is 4.79 Å². The molecular weight excluding hydrogens is 452 g/mol. The molecule has 1 fully saturated rings. The van der Waals surface area contributed by atoms with Gasteiger partial charge in [-0.25, -0.2) is 4.98 Å². The molecule has 0 bridgehead atoms. The Bertz CT molecular complexity index is 1220. The summed E-state index contributed by atoms with van der Waals surface area (Å²) >= 11 is 3.23. The zero-order chi connectivity index (χ0) is 22.6. The number of amides is 1. The summed E-state index contributed by atoms with van der Waals surface area (Å²) in [5.41, 5.74) is 2.98. The van der Waals surface area contributed by atoms with Gasteiger partial charge in [0.2, 0.25) is 5.91 Å². The van der Waals surface area contributed by atoms with Crippen LogP contribution in [0.25, 0.3) is 16.2 Å². The molecule has 0 radical (unpaired) electrons. The van der Waals surface area contributed by atoms with Crippen LogP contribution in [-0.2, 0) is 17.6 Å². The maximum absolute atomic E-state index is 12.6. The number of hydrogen-bond acceptors (Lipinski definition) is 6. The Balaban J connectivity index is 1.16. The molecule has 9 heteroatoms. The van der Waals surface area contributed by atoms with Crippen LogP contribution in [0.4, 0.5) is 0 Å². The minimum absolute atomic E-state index is 0.0340. The number of nitrogens with one attached hydrogen (secondary N) is 1. The van der Waals surface area contributed by atoms with Crippen molar-refractivity contribution in [2.45, 2.75) is 56.1 Å². The van der Waals surface area contributed by atoms with Crippen LogP contribution in [0, 0.1) is 0 Å². The predicted octanol–water partition coefficient (Wildman–Crippen LogP) is 4.78. The number of thiazole rings is 1. The SMILES string of the molecule is CSc1nnc(CCCNC(=O)Cc2csc3nc(-c4ccccc4)cn23)n1C1CCCC1. The van der Waals surface area contributed by atoms with Gasteiger partial charge in [-0.15, -0.1) is 21.5 Å². The fraction of sp³-hybridized carbons (Fsp3) is 0.417. The van der Waals surface area contributed by atoms with E-state index in [4.69, 9.17) is 4.98 Å². The Morgan fingerprint density at radius 1 is 1.21 bits per heavy atom. The summed E-state index contributed by atoms with van der Waals surface area (Å²) in [6.07, 6.45) is 11.1. The predicted molar refractivity (Wildman–Crippen MR) is 133 cm³/mol. The molecule has 0 atom stereocenters. The number of imidazole rings is 1. The highest BCUT2D eigenvalue weighted by Crippen LogP contribution is 2.33. The molecule has 3 heterocycles. The summed E-state index contributed by atoms with van der Waals surface area (Å²) in [5, 5.41) is 14.9. The van der Waals surface area contributed by atoms with E-state index in [0.29, 0.717) is 19.0 Å². The van der Waals surface area contributed by atoms with E-state index < -0.39 is 0 Å². The van der Waals surface area contributed by atoms with E-state index in [1.807, 2.05) is 34.2 Å². The molecule has 0 aliphatic heterocycles. The Morgan fingerprint density at radius 3 is 2.82 bits per heavy atom. The monoisotopic (exact) mass is 480 g/mol. The first-order valence-corrected chi connectivity index (χ1v) is 13.6. The van der Waals surface area contributed by atoms with E-state index in [0.717, 1.165) is 45.7 Å². The summed E-state index contributed by atoms with van der Waals surface area (Å²) in [6.45, 7) is 0.636. The number of fused-ring (bicyclic) bond motifs is 1. The Labute approximate surface area is 201 Å². The molecule has 3 aromatic heterocycles. The highest BCUT2D eigenvalue weighted by molar-refractivity contribution is 7.98. The first-order valence-electron chi connectivity index (χ1n) is 11.5.